The number of carboxylic acid groups (broad SMARTS) is 1. The highest BCUT2D eigenvalue weighted by atomic mass is 16.8. The molecule has 3 aliphatic heterocycles. The Morgan fingerprint density at radius 1 is 0.746 bits per heavy atom. The van der Waals surface area contributed by atoms with Crippen molar-refractivity contribution in [1.82, 2.24) is 0 Å². The Balaban J connectivity index is 1.02. The molecule has 67 heavy (non-hydrogen) atoms. The van der Waals surface area contributed by atoms with Crippen molar-refractivity contribution in [3.05, 3.63) is 23.3 Å². The van der Waals surface area contributed by atoms with Gasteiger partial charge in [-0.15, -0.1) is 0 Å². The largest absolute Gasteiger partial charge is 0.481 e. The van der Waals surface area contributed by atoms with Gasteiger partial charge in [-0.3, -0.25) is 4.79 Å². The molecule has 20 heteroatoms. The number of hydrogen-bond acceptors (Lipinski definition) is 19. The third kappa shape index (κ3) is 9.69. The molecule has 24 atom stereocenters. The molecule has 0 amide bonds. The molecule has 0 unspecified atom stereocenters. The molecule has 0 bridgehead atoms. The van der Waals surface area contributed by atoms with E-state index in [1.54, 1.807) is 20.8 Å². The Bertz CT molecular complexity index is 1760. The zero-order valence-corrected chi connectivity index (χ0v) is 39.0. The van der Waals surface area contributed by atoms with Crippen molar-refractivity contribution in [1.29, 1.82) is 0 Å². The first-order valence-electron chi connectivity index (χ1n) is 24.1. The van der Waals surface area contributed by atoms with Gasteiger partial charge in [0, 0.05) is 0 Å². The van der Waals surface area contributed by atoms with E-state index in [1.807, 2.05) is 0 Å². The van der Waals surface area contributed by atoms with Crippen LogP contribution in [0.15, 0.2) is 23.3 Å². The van der Waals surface area contributed by atoms with Gasteiger partial charge in [-0.1, -0.05) is 39.8 Å². The van der Waals surface area contributed by atoms with Crippen LogP contribution in [0.5, 0.6) is 0 Å². The quantitative estimate of drug-likeness (QED) is 0.0843. The van der Waals surface area contributed by atoms with Gasteiger partial charge in [-0.2, -0.15) is 0 Å². The number of aliphatic hydroxyl groups excluding tert-OH is 11. The standard InChI is InChI=1S/C47H76O20/c1-20(2)47(61,21(3)62-42-38(57)35(54)32(51)29(17-48)64-42)15-11-25(41(59)60)27-9-8-26-24-7-6-22-16-23(10-13-45(22,4)28(24)12-14-46(26,27)5)63-44-40(37(56)34(53)31(19-50)66-44)67-43-39(58)36(55)33(52)30(18-49)65-43/h7,12,20-23,25-27,29-40,42-44,48-58,61H,6,8-11,13-19H2,1-5H3,(H,59,60)/t21-,22-,23+,25-,26+,27-,29-,30-,31-,32-,33+,34-,35+,36+,37+,38-,39-,40-,42-,43+,44-,45+,46+,47-/m1/s1. The van der Waals surface area contributed by atoms with E-state index in [-0.39, 0.29) is 41.4 Å². The van der Waals surface area contributed by atoms with Crippen LogP contribution >= 0.6 is 0 Å². The SMILES string of the molecule is CC(C)[C@](O)(CC[C@@H](C(=O)O)[C@H]1CC[C@H]2C3=CC[C@@H]4C[C@@H](O[C@@H]5O[C@H](CO)[C@@H](O)[C@H](O)[C@H]5O[C@@H]5O[C@H](CO)[C@H](O)[C@H](O)[C@H]5O)CC[C@]4(C)C3=CC[C@]12C)[C@@H](C)O[C@@H]1O[C@H](CO)[C@@H](O)[C@H](O)[C@H]1O. The van der Waals surface area contributed by atoms with Crippen LogP contribution < -0.4 is 0 Å². The third-order valence-corrected chi connectivity index (χ3v) is 17.4. The van der Waals surface area contributed by atoms with E-state index in [9.17, 15) is 71.2 Å². The monoisotopic (exact) mass is 960 g/mol. The summed E-state index contributed by atoms with van der Waals surface area (Å²) in [7, 11) is 0. The molecule has 7 rings (SSSR count). The number of fused-ring (bicyclic) bond motifs is 5. The van der Waals surface area contributed by atoms with Gasteiger partial charge in [0.2, 0.25) is 0 Å². The van der Waals surface area contributed by atoms with E-state index in [4.69, 9.17) is 28.4 Å². The second-order valence-corrected chi connectivity index (χ2v) is 21.2. The van der Waals surface area contributed by atoms with Gasteiger partial charge in [0.15, 0.2) is 18.9 Å². The minimum absolute atomic E-state index is 0.0525. The zero-order chi connectivity index (χ0) is 49.1. The van der Waals surface area contributed by atoms with Crippen LogP contribution in [0.25, 0.3) is 0 Å². The molecule has 2 saturated carbocycles. The van der Waals surface area contributed by atoms with Gasteiger partial charge < -0.3 is 94.8 Å². The average Bonchev–Trinajstić information content (AvgIpc) is 3.65. The van der Waals surface area contributed by atoms with Crippen molar-refractivity contribution in [3.63, 3.8) is 0 Å². The van der Waals surface area contributed by atoms with Crippen LogP contribution in [0, 0.1) is 40.4 Å². The second kappa shape index (κ2) is 20.8. The highest BCUT2D eigenvalue weighted by Crippen LogP contribution is 2.65. The fourth-order valence-electron chi connectivity index (χ4n) is 12.8. The Labute approximate surface area is 390 Å². The third-order valence-electron chi connectivity index (χ3n) is 17.4. The fourth-order valence-corrected chi connectivity index (χ4v) is 12.8. The summed E-state index contributed by atoms with van der Waals surface area (Å²) in [6, 6.07) is 0. The van der Waals surface area contributed by atoms with Crippen LogP contribution in [0.1, 0.15) is 92.4 Å². The van der Waals surface area contributed by atoms with Crippen LogP contribution in [0.3, 0.4) is 0 Å². The number of hydrogen-bond donors (Lipinski definition) is 13. The summed E-state index contributed by atoms with van der Waals surface area (Å²) in [5.74, 6) is -2.17. The van der Waals surface area contributed by atoms with Crippen molar-refractivity contribution in [2.24, 2.45) is 40.4 Å². The summed E-state index contributed by atoms with van der Waals surface area (Å²) in [6.45, 7) is 7.61. The Morgan fingerprint density at radius 2 is 1.31 bits per heavy atom. The van der Waals surface area contributed by atoms with Gasteiger partial charge in [-0.05, 0) is 110 Å². The maximum Gasteiger partial charge on any atom is 0.306 e. The van der Waals surface area contributed by atoms with Gasteiger partial charge in [-0.25, -0.2) is 0 Å². The summed E-state index contributed by atoms with van der Waals surface area (Å²) >= 11 is 0. The molecule has 0 spiro atoms. The number of ether oxygens (including phenoxy) is 6. The molecule has 13 N–H and O–H groups in total. The molecule has 0 aromatic heterocycles. The highest BCUT2D eigenvalue weighted by molar-refractivity contribution is 5.70. The van der Waals surface area contributed by atoms with Gasteiger partial charge >= 0.3 is 5.97 Å². The minimum Gasteiger partial charge on any atom is -0.481 e. The summed E-state index contributed by atoms with van der Waals surface area (Å²) in [6.07, 6.45) is -15.0. The number of carboxylic acids is 1. The summed E-state index contributed by atoms with van der Waals surface area (Å²) in [5, 5.41) is 137. The molecular weight excluding hydrogens is 884 g/mol. The van der Waals surface area contributed by atoms with Crippen LogP contribution in [-0.4, -0.2) is 202 Å². The second-order valence-electron chi connectivity index (χ2n) is 21.2. The van der Waals surface area contributed by atoms with E-state index in [0.29, 0.717) is 38.5 Å². The molecule has 0 aromatic rings. The zero-order valence-electron chi connectivity index (χ0n) is 39.0. The molecule has 3 saturated heterocycles. The lowest BCUT2D eigenvalue weighted by Crippen LogP contribution is -2.65. The number of aliphatic carboxylic acids is 1. The smallest absolute Gasteiger partial charge is 0.306 e. The molecule has 0 radical (unpaired) electrons. The summed E-state index contributed by atoms with van der Waals surface area (Å²) in [5.41, 5.74) is 0.279. The lowest BCUT2D eigenvalue weighted by molar-refractivity contribution is -0.372. The van der Waals surface area contributed by atoms with Gasteiger partial charge in [0.25, 0.3) is 0 Å². The van der Waals surface area contributed by atoms with Crippen LogP contribution in [-0.2, 0) is 33.2 Å². The molecule has 3 heterocycles. The Morgan fingerprint density at radius 3 is 1.90 bits per heavy atom. The molecule has 0 aromatic carbocycles. The fraction of sp³-hybridized carbons (Fsp3) is 0.894. The van der Waals surface area contributed by atoms with E-state index in [1.165, 1.54) is 11.1 Å². The topological polar surface area (TPSA) is 335 Å². The molecule has 4 aliphatic carbocycles. The van der Waals surface area contributed by atoms with E-state index >= 15 is 0 Å². The first kappa shape index (κ1) is 53.0. The number of allylic oxidation sites excluding steroid dienone is 4. The van der Waals surface area contributed by atoms with E-state index in [2.05, 4.69) is 26.0 Å². The molecule has 5 fully saturated rings. The minimum atomic E-state index is -1.79. The lowest BCUT2D eigenvalue weighted by atomic mass is 9.51. The van der Waals surface area contributed by atoms with Crippen molar-refractivity contribution in [3.8, 4) is 0 Å². The lowest BCUT2D eigenvalue weighted by Gasteiger charge is -2.54. The van der Waals surface area contributed by atoms with E-state index in [0.717, 1.165) is 6.42 Å². The first-order chi connectivity index (χ1) is 31.6. The molecular formula is C47H76O20. The molecule has 384 valence electrons. The van der Waals surface area contributed by atoms with E-state index < -0.39 is 148 Å². The van der Waals surface area contributed by atoms with Crippen LogP contribution in [0.2, 0.25) is 0 Å². The van der Waals surface area contributed by atoms with Gasteiger partial charge in [0.05, 0.1) is 43.5 Å². The number of carbonyl (C=O) groups is 1. The predicted molar refractivity (Wildman–Crippen MR) is 231 cm³/mol. The van der Waals surface area contributed by atoms with Gasteiger partial charge in [0.1, 0.15) is 73.2 Å². The van der Waals surface area contributed by atoms with Crippen molar-refractivity contribution < 1.29 is 99.6 Å². The predicted octanol–water partition coefficient (Wildman–Crippen LogP) is -1.43. The normalized spacial score (nSPS) is 47.5. The molecule has 20 nitrogen and oxygen atoms in total. The van der Waals surface area contributed by atoms with Crippen molar-refractivity contribution >= 4 is 5.97 Å². The molecule has 7 aliphatic rings. The van der Waals surface area contributed by atoms with Crippen molar-refractivity contribution in [2.75, 3.05) is 19.8 Å². The number of rotatable bonds is 16. The summed E-state index contributed by atoms with van der Waals surface area (Å²) < 4.78 is 35.4. The summed E-state index contributed by atoms with van der Waals surface area (Å²) in [4.78, 5) is 13.2. The highest BCUT2D eigenvalue weighted by Gasteiger charge is 2.59. The van der Waals surface area contributed by atoms with Crippen LogP contribution in [0.4, 0.5) is 0 Å². The average molecular weight is 961 g/mol. The Hall–Kier alpha value is -1.77. The maximum atomic E-state index is 13.2. The first-order valence-corrected chi connectivity index (χ1v) is 24.1. The number of aliphatic hydroxyl groups is 12. The van der Waals surface area contributed by atoms with Crippen molar-refractivity contribution in [2.45, 2.75) is 202 Å². The maximum absolute atomic E-state index is 13.2. The Kier molecular flexibility index (Phi) is 16.4.